The number of unbranched alkanes of at least 4 members (excludes halogenated alkanes) is 59. The lowest BCUT2D eigenvalue weighted by Crippen LogP contribution is -2.45. The molecule has 0 aliphatic heterocycles. The first-order valence-electron chi connectivity index (χ1n) is 34.7. The third-order valence-corrected chi connectivity index (χ3v) is 16.9. The quantitative estimate of drug-likeness (QED) is 0.0532. The molecule has 4 nitrogen and oxygen atoms in total. The van der Waals surface area contributed by atoms with Crippen LogP contribution >= 0.6 is 0 Å². The van der Waals surface area contributed by atoms with Gasteiger partial charge in [0.25, 0.3) is 0 Å². The summed E-state index contributed by atoms with van der Waals surface area (Å²) >= 11 is 0. The van der Waals surface area contributed by atoms with Crippen LogP contribution in [0.5, 0.6) is 0 Å². The highest BCUT2D eigenvalue weighted by Crippen LogP contribution is 2.20. The van der Waals surface area contributed by atoms with Crippen LogP contribution in [0.25, 0.3) is 0 Å². The number of hydrogen-bond acceptors (Lipinski definition) is 3. The highest BCUT2D eigenvalue weighted by Gasteiger charge is 2.20. The molecule has 4 heteroatoms. The number of hydrogen-bond donors (Lipinski definition) is 3. The molecule has 0 heterocycles. The molecule has 0 bridgehead atoms. The fraction of sp³-hybridized carbons (Fsp3) is 0.986. The van der Waals surface area contributed by atoms with Crippen LogP contribution < -0.4 is 5.32 Å². The monoisotopic (exact) mass is 1030 g/mol. The Morgan fingerprint density at radius 3 is 0.616 bits per heavy atom. The van der Waals surface area contributed by atoms with Crippen molar-refractivity contribution in [3.8, 4) is 0 Å². The summed E-state index contributed by atoms with van der Waals surface area (Å²) in [5.41, 5.74) is 0. The van der Waals surface area contributed by atoms with E-state index < -0.39 is 12.1 Å². The van der Waals surface area contributed by atoms with Crippen LogP contribution in [0.3, 0.4) is 0 Å². The van der Waals surface area contributed by atoms with Gasteiger partial charge in [0, 0.05) is 6.42 Å². The highest BCUT2D eigenvalue weighted by molar-refractivity contribution is 5.76. The van der Waals surface area contributed by atoms with Crippen molar-refractivity contribution in [2.45, 2.75) is 431 Å². The van der Waals surface area contributed by atoms with Crippen molar-refractivity contribution in [3.63, 3.8) is 0 Å². The normalized spacial score (nSPS) is 12.5. The molecule has 0 saturated heterocycles. The summed E-state index contributed by atoms with van der Waals surface area (Å²) in [4.78, 5) is 12.6. The summed E-state index contributed by atoms with van der Waals surface area (Å²) in [6.45, 7) is 4.42. The van der Waals surface area contributed by atoms with Gasteiger partial charge in [-0.15, -0.1) is 0 Å². The molecule has 0 saturated carbocycles. The van der Waals surface area contributed by atoms with Gasteiger partial charge in [0.1, 0.15) is 0 Å². The molecule has 0 aliphatic carbocycles. The second-order valence-electron chi connectivity index (χ2n) is 24.3. The summed E-state index contributed by atoms with van der Waals surface area (Å²) in [5, 5.41) is 23.4. The summed E-state index contributed by atoms with van der Waals surface area (Å²) in [6.07, 6.45) is 86.0. The lowest BCUT2D eigenvalue weighted by Gasteiger charge is -2.22. The molecule has 0 aromatic rings. The predicted octanol–water partition coefficient (Wildman–Crippen LogP) is 23.4. The van der Waals surface area contributed by atoms with E-state index in [4.69, 9.17) is 0 Å². The predicted molar refractivity (Wildman–Crippen MR) is 327 cm³/mol. The summed E-state index contributed by atoms with van der Waals surface area (Å²) < 4.78 is 0. The van der Waals surface area contributed by atoms with Crippen LogP contribution in [0.15, 0.2) is 0 Å². The fourth-order valence-electron chi connectivity index (χ4n) is 11.6. The molecular weight excluding hydrogens is 891 g/mol. The van der Waals surface area contributed by atoms with E-state index in [1.165, 1.54) is 366 Å². The fourth-order valence-corrected chi connectivity index (χ4v) is 11.6. The zero-order valence-corrected chi connectivity index (χ0v) is 50.7. The number of aliphatic hydroxyl groups is 2. The first-order valence-corrected chi connectivity index (χ1v) is 34.7. The van der Waals surface area contributed by atoms with Gasteiger partial charge < -0.3 is 15.5 Å². The average molecular weight is 1030 g/mol. The van der Waals surface area contributed by atoms with Crippen molar-refractivity contribution in [1.29, 1.82) is 0 Å². The van der Waals surface area contributed by atoms with E-state index in [0.29, 0.717) is 12.8 Å². The Labute approximate surface area is 461 Å². The lowest BCUT2D eigenvalue weighted by molar-refractivity contribution is -0.123. The van der Waals surface area contributed by atoms with Gasteiger partial charge >= 0.3 is 0 Å². The zero-order chi connectivity index (χ0) is 52.7. The maximum atomic E-state index is 12.6. The van der Waals surface area contributed by atoms with Gasteiger partial charge in [0.05, 0.1) is 18.8 Å². The highest BCUT2D eigenvalue weighted by atomic mass is 16.3. The van der Waals surface area contributed by atoms with Crippen LogP contribution in [0.1, 0.15) is 418 Å². The molecule has 0 aromatic carbocycles. The van der Waals surface area contributed by atoms with Gasteiger partial charge in [-0.2, -0.15) is 0 Å². The van der Waals surface area contributed by atoms with E-state index in [0.717, 1.165) is 25.7 Å². The van der Waals surface area contributed by atoms with Gasteiger partial charge in [-0.05, 0) is 12.8 Å². The van der Waals surface area contributed by atoms with Crippen molar-refractivity contribution in [2.24, 2.45) is 0 Å². The Balaban J connectivity index is 3.34. The Bertz CT molecular complexity index is 987. The molecule has 0 spiro atoms. The second-order valence-corrected chi connectivity index (χ2v) is 24.3. The van der Waals surface area contributed by atoms with E-state index in [1.807, 2.05) is 0 Å². The Hall–Kier alpha value is -0.610. The molecule has 0 fully saturated rings. The Morgan fingerprint density at radius 2 is 0.438 bits per heavy atom. The summed E-state index contributed by atoms with van der Waals surface area (Å²) in [7, 11) is 0. The van der Waals surface area contributed by atoms with E-state index in [9.17, 15) is 15.0 Å². The van der Waals surface area contributed by atoms with Gasteiger partial charge in [-0.1, -0.05) is 399 Å². The minimum atomic E-state index is -0.656. The largest absolute Gasteiger partial charge is 0.394 e. The maximum absolute atomic E-state index is 12.6. The smallest absolute Gasteiger partial charge is 0.220 e. The number of aliphatic hydroxyl groups excluding tert-OH is 2. The SMILES string of the molecule is CCCCCCCCCCCCCCCCCCCCCCCCCCCCCCCCCCCCCCCC(=O)NC(CO)C(O)CCCCCCCCCCCCCCCCCCCCCCCCCC. The van der Waals surface area contributed by atoms with Gasteiger partial charge in [-0.3, -0.25) is 4.79 Å². The van der Waals surface area contributed by atoms with E-state index >= 15 is 0 Å². The third-order valence-electron chi connectivity index (χ3n) is 16.9. The van der Waals surface area contributed by atoms with Gasteiger partial charge in [0.15, 0.2) is 0 Å². The Kier molecular flexibility index (Phi) is 65.1. The first-order chi connectivity index (χ1) is 36.2. The van der Waals surface area contributed by atoms with Crippen molar-refractivity contribution < 1.29 is 15.0 Å². The minimum Gasteiger partial charge on any atom is -0.394 e. The van der Waals surface area contributed by atoms with Crippen molar-refractivity contribution in [2.75, 3.05) is 6.61 Å². The van der Waals surface area contributed by atoms with Crippen LogP contribution in [0.4, 0.5) is 0 Å². The molecule has 0 rings (SSSR count). The number of carbonyl (C=O) groups excluding carboxylic acids is 1. The molecule has 73 heavy (non-hydrogen) atoms. The second kappa shape index (κ2) is 65.7. The van der Waals surface area contributed by atoms with Crippen LogP contribution in [-0.4, -0.2) is 34.9 Å². The van der Waals surface area contributed by atoms with Crippen molar-refractivity contribution >= 4 is 5.91 Å². The number of carbonyl (C=O) groups is 1. The first kappa shape index (κ1) is 72.4. The molecule has 3 N–H and O–H groups in total. The van der Waals surface area contributed by atoms with E-state index in [2.05, 4.69) is 19.2 Å². The molecule has 2 atom stereocenters. The standard InChI is InChI=1S/C69H139NO3/c1-3-5-7-9-11-13-15-17-19-21-23-25-27-29-30-31-32-33-34-35-36-37-38-39-40-41-43-45-47-49-51-53-55-57-59-61-63-65-69(73)70-67(66-71)68(72)64-62-60-58-56-54-52-50-48-46-44-42-28-26-24-22-20-18-16-14-12-10-8-6-4-2/h67-68,71-72H,3-66H2,1-2H3,(H,70,73). The van der Waals surface area contributed by atoms with Crippen LogP contribution in [-0.2, 0) is 4.79 Å². The van der Waals surface area contributed by atoms with Crippen LogP contribution in [0.2, 0.25) is 0 Å². The molecule has 0 radical (unpaired) electrons. The molecule has 2 unspecified atom stereocenters. The van der Waals surface area contributed by atoms with Crippen molar-refractivity contribution in [1.82, 2.24) is 5.32 Å². The van der Waals surface area contributed by atoms with Gasteiger partial charge in [0.2, 0.25) is 5.91 Å². The molecular formula is C69H139NO3. The number of nitrogens with one attached hydrogen (secondary N) is 1. The van der Waals surface area contributed by atoms with Crippen LogP contribution in [0, 0.1) is 0 Å². The average Bonchev–Trinajstić information content (AvgIpc) is 3.40. The van der Waals surface area contributed by atoms with Gasteiger partial charge in [-0.25, -0.2) is 0 Å². The zero-order valence-electron chi connectivity index (χ0n) is 50.7. The molecule has 0 aliphatic rings. The molecule has 438 valence electrons. The lowest BCUT2D eigenvalue weighted by atomic mass is 10.0. The summed E-state index contributed by atoms with van der Waals surface area (Å²) in [6, 6.07) is -0.533. The number of amides is 1. The maximum Gasteiger partial charge on any atom is 0.220 e. The minimum absolute atomic E-state index is 0.0195. The topological polar surface area (TPSA) is 69.6 Å². The van der Waals surface area contributed by atoms with E-state index in [-0.39, 0.29) is 12.5 Å². The molecule has 1 amide bonds. The third kappa shape index (κ3) is 62.1. The Morgan fingerprint density at radius 1 is 0.274 bits per heavy atom. The molecule has 0 aromatic heterocycles. The van der Waals surface area contributed by atoms with E-state index in [1.54, 1.807) is 0 Å². The van der Waals surface area contributed by atoms with Crippen molar-refractivity contribution in [3.05, 3.63) is 0 Å². The number of rotatable bonds is 66. The summed E-state index contributed by atoms with van der Waals surface area (Å²) in [5.74, 6) is -0.0195.